The summed E-state index contributed by atoms with van der Waals surface area (Å²) < 4.78 is 34.5. The zero-order valence-corrected chi connectivity index (χ0v) is 30.6. The minimum Gasteiger partial charge on any atom is -0.461 e. The summed E-state index contributed by atoms with van der Waals surface area (Å²) in [5, 5.41) is 6.07. The second-order valence-electron chi connectivity index (χ2n) is 16.2. The highest BCUT2D eigenvalue weighted by atomic mass is 31.2. The number of ether oxygens (including phenoxy) is 3. The van der Waals surface area contributed by atoms with Crippen LogP contribution in [0.2, 0.25) is 0 Å². The molecular formula is C33H56N7O6P. The van der Waals surface area contributed by atoms with Gasteiger partial charge in [-0.1, -0.05) is 27.7 Å². The first kappa shape index (κ1) is 37.2. The Hall–Kier alpha value is -2.60. The topological polar surface area (TPSA) is 173 Å². The van der Waals surface area contributed by atoms with Gasteiger partial charge in [0.1, 0.15) is 41.5 Å². The highest BCUT2D eigenvalue weighted by molar-refractivity contribution is 7.59. The van der Waals surface area contributed by atoms with E-state index in [2.05, 4.69) is 52.8 Å². The van der Waals surface area contributed by atoms with Gasteiger partial charge < -0.3 is 24.5 Å². The van der Waals surface area contributed by atoms with Gasteiger partial charge in [0.15, 0.2) is 11.5 Å². The molecule has 0 aromatic carbocycles. The molecule has 2 aliphatic carbocycles. The minimum absolute atomic E-state index is 0.199. The number of nitrogens with two attached hydrogens (primary N) is 1. The van der Waals surface area contributed by atoms with Gasteiger partial charge in [0, 0.05) is 0 Å². The van der Waals surface area contributed by atoms with Crippen molar-refractivity contribution >= 4 is 36.4 Å². The van der Waals surface area contributed by atoms with Crippen LogP contribution in [0.4, 0.5) is 5.82 Å². The summed E-state index contributed by atoms with van der Waals surface area (Å²) in [5.41, 5.74) is 4.71. The molecule has 2 aromatic rings. The Morgan fingerprint density at radius 2 is 1.38 bits per heavy atom. The van der Waals surface area contributed by atoms with Gasteiger partial charge in [-0.3, -0.25) is 14.2 Å². The lowest BCUT2D eigenvalue weighted by atomic mass is 9.76. The molecule has 0 bridgehead atoms. The number of fused-ring (bicyclic) bond motifs is 1. The largest absolute Gasteiger partial charge is 0.461 e. The summed E-state index contributed by atoms with van der Waals surface area (Å²) in [5.74, 6) is -0.744. The second kappa shape index (κ2) is 14.1. The van der Waals surface area contributed by atoms with Gasteiger partial charge in [-0.2, -0.15) is 0 Å². The average molecular weight is 678 g/mol. The molecule has 2 aromatic heterocycles. The smallest absolute Gasteiger partial charge is 0.326 e. The number of nitrogens with one attached hydrogen (secondary N) is 2. The molecular weight excluding hydrogens is 621 g/mol. The van der Waals surface area contributed by atoms with Crippen molar-refractivity contribution in [3.05, 3.63) is 12.7 Å². The van der Waals surface area contributed by atoms with E-state index in [0.717, 1.165) is 51.4 Å². The quantitative estimate of drug-likeness (QED) is 0.174. The third kappa shape index (κ3) is 9.96. The first-order chi connectivity index (χ1) is 21.7. The van der Waals surface area contributed by atoms with Crippen LogP contribution >= 0.6 is 7.44 Å². The van der Waals surface area contributed by atoms with Crippen molar-refractivity contribution in [2.24, 2.45) is 10.8 Å². The van der Waals surface area contributed by atoms with E-state index in [0.29, 0.717) is 17.7 Å². The Balaban J connectivity index is 1.47. The number of aromatic nitrogens is 4. The summed E-state index contributed by atoms with van der Waals surface area (Å²) in [7, 11) is -3.81. The van der Waals surface area contributed by atoms with E-state index in [-0.39, 0.29) is 35.2 Å². The molecule has 0 spiro atoms. The summed E-state index contributed by atoms with van der Waals surface area (Å²) in [4.78, 5) is 39.5. The maximum absolute atomic E-state index is 14.8. The molecule has 0 unspecified atom stereocenters. The van der Waals surface area contributed by atoms with Gasteiger partial charge in [0.05, 0.1) is 19.0 Å². The zero-order chi connectivity index (χ0) is 34.8. The molecule has 0 aliphatic heterocycles. The molecule has 0 amide bonds. The number of carbonyl (C=O) groups is 2. The summed E-state index contributed by atoms with van der Waals surface area (Å²) in [6.45, 7) is 17.6. The fourth-order valence-corrected chi connectivity index (χ4v) is 8.90. The number of hydrogen-bond acceptors (Lipinski definition) is 10. The third-order valence-electron chi connectivity index (χ3n) is 9.48. The number of nitrogen functional groups attached to an aromatic ring is 1. The van der Waals surface area contributed by atoms with E-state index in [9.17, 15) is 14.2 Å². The molecule has 2 fully saturated rings. The molecule has 0 radical (unpaired) electrons. The van der Waals surface area contributed by atoms with Crippen LogP contribution in [-0.2, 0) is 34.9 Å². The van der Waals surface area contributed by atoms with Crippen molar-refractivity contribution in [3.8, 4) is 0 Å². The number of rotatable bonds is 13. The van der Waals surface area contributed by atoms with Gasteiger partial charge in [0.25, 0.3) is 0 Å². The summed E-state index contributed by atoms with van der Waals surface area (Å²) >= 11 is 0. The Morgan fingerprint density at radius 1 is 0.915 bits per heavy atom. The van der Waals surface area contributed by atoms with Crippen molar-refractivity contribution in [2.45, 2.75) is 150 Å². The molecule has 2 aliphatic rings. The van der Waals surface area contributed by atoms with Crippen LogP contribution in [0.1, 0.15) is 114 Å². The van der Waals surface area contributed by atoms with Crippen LogP contribution in [-0.4, -0.2) is 67.2 Å². The molecule has 1 atom stereocenters. The van der Waals surface area contributed by atoms with Crippen molar-refractivity contribution < 1.29 is 28.4 Å². The maximum atomic E-state index is 14.8. The first-order valence-electron chi connectivity index (χ1n) is 16.8. The number of anilines is 1. The molecule has 47 heavy (non-hydrogen) atoms. The maximum Gasteiger partial charge on any atom is 0.326 e. The Kier molecular flexibility index (Phi) is 11.2. The van der Waals surface area contributed by atoms with Gasteiger partial charge in [-0.15, -0.1) is 0 Å². The van der Waals surface area contributed by atoms with Crippen molar-refractivity contribution in [1.82, 2.24) is 29.7 Å². The predicted molar refractivity (Wildman–Crippen MR) is 181 cm³/mol. The lowest BCUT2D eigenvalue weighted by Crippen LogP contribution is -2.54. The van der Waals surface area contributed by atoms with Gasteiger partial charge in [-0.25, -0.2) is 25.1 Å². The number of esters is 2. The SMILES string of the molecule is C[C@H](Cn1cnc2c(N)ncnc21)OCP(=O)(NC(C)(C)C(=O)OC1CCC(C)(C)CC1)NC(C)(C)C(=O)OC1CCC(C)(C)CC1. The number of carbonyl (C=O) groups excluding carboxylic acids is 2. The van der Waals surface area contributed by atoms with Crippen LogP contribution in [0.15, 0.2) is 12.7 Å². The first-order valence-corrected chi connectivity index (χ1v) is 18.7. The molecule has 264 valence electrons. The Bertz CT molecular complexity index is 1390. The second-order valence-corrected chi connectivity index (χ2v) is 18.4. The zero-order valence-electron chi connectivity index (χ0n) is 29.7. The average Bonchev–Trinajstić information content (AvgIpc) is 3.37. The van der Waals surface area contributed by atoms with Crippen molar-refractivity contribution in [2.75, 3.05) is 12.1 Å². The van der Waals surface area contributed by atoms with Crippen LogP contribution in [0.5, 0.6) is 0 Å². The van der Waals surface area contributed by atoms with Crippen molar-refractivity contribution in [3.63, 3.8) is 0 Å². The molecule has 4 N–H and O–H groups in total. The van der Waals surface area contributed by atoms with Crippen LogP contribution in [0.3, 0.4) is 0 Å². The van der Waals surface area contributed by atoms with E-state index < -0.39 is 36.6 Å². The molecule has 0 saturated heterocycles. The van der Waals surface area contributed by atoms with Gasteiger partial charge in [0.2, 0.25) is 7.44 Å². The summed E-state index contributed by atoms with van der Waals surface area (Å²) in [6, 6.07) is 0. The molecule has 13 nitrogen and oxygen atoms in total. The van der Waals surface area contributed by atoms with Gasteiger partial charge >= 0.3 is 11.9 Å². The van der Waals surface area contributed by atoms with E-state index in [1.165, 1.54) is 6.33 Å². The minimum atomic E-state index is -3.81. The Morgan fingerprint density at radius 3 is 1.85 bits per heavy atom. The normalized spacial score (nSPS) is 20.2. The molecule has 14 heteroatoms. The fourth-order valence-electron chi connectivity index (χ4n) is 6.26. The van der Waals surface area contributed by atoms with E-state index in [4.69, 9.17) is 19.9 Å². The van der Waals surface area contributed by atoms with Crippen molar-refractivity contribution in [1.29, 1.82) is 0 Å². The monoisotopic (exact) mass is 677 g/mol. The van der Waals surface area contributed by atoms with E-state index in [1.54, 1.807) is 38.6 Å². The molecule has 4 rings (SSSR count). The predicted octanol–water partition coefficient (Wildman–Crippen LogP) is 5.72. The van der Waals surface area contributed by atoms with Crippen LogP contribution in [0, 0.1) is 10.8 Å². The lowest BCUT2D eigenvalue weighted by molar-refractivity contribution is -0.157. The Labute approximate surface area is 279 Å². The lowest BCUT2D eigenvalue weighted by Gasteiger charge is -2.38. The highest BCUT2D eigenvalue weighted by Gasteiger charge is 2.44. The fraction of sp³-hybridized carbons (Fsp3) is 0.788. The van der Waals surface area contributed by atoms with Crippen LogP contribution in [0.25, 0.3) is 11.2 Å². The standard InChI is InChI=1S/C33H56N7O6P/c1-22(18-40-20-37-25-26(34)35-19-36-27(25)40)44-21-47(43,38-32(6,7)28(41)45-23-10-14-30(2,3)15-11-23)39-33(8,9)29(42)46-24-12-16-31(4,5)17-13-24/h19-20,22-24H,10-18,21H2,1-9H3,(H2,34,35,36)(H2,38,39,43)/t22-/m1/s1. The van der Waals surface area contributed by atoms with E-state index >= 15 is 0 Å². The summed E-state index contributed by atoms with van der Waals surface area (Å²) in [6.07, 6.45) is 8.76. The highest BCUT2D eigenvalue weighted by Crippen LogP contribution is 2.44. The number of imidazole rings is 1. The van der Waals surface area contributed by atoms with Crippen LogP contribution < -0.4 is 15.9 Å². The van der Waals surface area contributed by atoms with Gasteiger partial charge in [-0.05, 0) is 96.8 Å². The number of hydrogen-bond donors (Lipinski definition) is 3. The number of nitrogens with zero attached hydrogens (tertiary/aromatic N) is 4. The third-order valence-corrected chi connectivity index (χ3v) is 11.8. The van der Waals surface area contributed by atoms with E-state index in [1.807, 2.05) is 6.92 Å². The molecule has 2 heterocycles. The molecule has 2 saturated carbocycles.